The van der Waals surface area contributed by atoms with Crippen LogP contribution in [0.25, 0.3) is 0 Å². The van der Waals surface area contributed by atoms with Gasteiger partial charge in [-0.2, -0.15) is 0 Å². The van der Waals surface area contributed by atoms with Crippen LogP contribution in [0.5, 0.6) is 0 Å². The lowest BCUT2D eigenvalue weighted by Crippen LogP contribution is -2.34. The summed E-state index contributed by atoms with van der Waals surface area (Å²) in [5.41, 5.74) is 3.52. The third-order valence-electron chi connectivity index (χ3n) is 4.65. The Bertz CT molecular complexity index is 408. The minimum atomic E-state index is 0.418. The second kappa shape index (κ2) is 7.26. The maximum Gasteiger partial charge on any atom is 0.0323 e. The van der Waals surface area contributed by atoms with Crippen LogP contribution < -0.4 is 5.32 Å². The van der Waals surface area contributed by atoms with Crippen LogP contribution in [0.2, 0.25) is 0 Å². The normalized spacial score (nSPS) is 18.9. The summed E-state index contributed by atoms with van der Waals surface area (Å²) in [5, 5.41) is 3.84. The summed E-state index contributed by atoms with van der Waals surface area (Å²) in [4.78, 5) is 0. The lowest BCUT2D eigenvalue weighted by atomic mass is 9.84. The molecule has 1 aliphatic carbocycles. The van der Waals surface area contributed by atoms with Crippen molar-refractivity contribution < 1.29 is 0 Å². The molecule has 20 heavy (non-hydrogen) atoms. The summed E-state index contributed by atoms with van der Waals surface area (Å²) in [6.07, 6.45) is 9.27. The fourth-order valence-electron chi connectivity index (χ4n) is 3.31. The van der Waals surface area contributed by atoms with E-state index in [1.807, 2.05) is 0 Å². The molecule has 1 aromatic carbocycles. The maximum absolute atomic E-state index is 3.84. The monoisotopic (exact) mass is 273 g/mol. The average molecular weight is 273 g/mol. The van der Waals surface area contributed by atoms with E-state index in [4.69, 9.17) is 0 Å². The molecule has 0 saturated carbocycles. The standard InChI is InChI=1S/C19H31N/c1-4-5-8-14-19(2,3)15-20-18-13-9-11-16-10-6-7-12-17(16)18/h6-7,10,12,18,20H,4-5,8-9,11,13-15H2,1-3H3. The van der Waals surface area contributed by atoms with Gasteiger partial charge < -0.3 is 5.32 Å². The van der Waals surface area contributed by atoms with Gasteiger partial charge in [0.05, 0.1) is 0 Å². The van der Waals surface area contributed by atoms with Crippen molar-refractivity contribution in [1.82, 2.24) is 5.32 Å². The van der Waals surface area contributed by atoms with Crippen LogP contribution in [0.3, 0.4) is 0 Å². The summed E-state index contributed by atoms with van der Waals surface area (Å²) in [5.74, 6) is 0. The number of benzene rings is 1. The molecule has 2 rings (SSSR count). The molecular formula is C19H31N. The molecule has 112 valence electrons. The first-order valence-electron chi connectivity index (χ1n) is 8.43. The molecule has 1 aromatic rings. The van der Waals surface area contributed by atoms with Gasteiger partial charge in [-0.15, -0.1) is 0 Å². The third-order valence-corrected chi connectivity index (χ3v) is 4.65. The summed E-state index contributed by atoms with van der Waals surface area (Å²) < 4.78 is 0. The molecule has 0 fully saturated rings. The summed E-state index contributed by atoms with van der Waals surface area (Å²) in [7, 11) is 0. The average Bonchev–Trinajstić information content (AvgIpc) is 2.45. The summed E-state index contributed by atoms with van der Waals surface area (Å²) in [6.45, 7) is 8.23. The van der Waals surface area contributed by atoms with E-state index in [0.29, 0.717) is 11.5 Å². The number of hydrogen-bond donors (Lipinski definition) is 1. The van der Waals surface area contributed by atoms with Gasteiger partial charge in [-0.25, -0.2) is 0 Å². The zero-order valence-electron chi connectivity index (χ0n) is 13.5. The Labute approximate surface area is 125 Å². The Hall–Kier alpha value is -0.820. The van der Waals surface area contributed by atoms with Gasteiger partial charge in [-0.1, -0.05) is 64.3 Å². The van der Waals surface area contributed by atoms with Crippen LogP contribution in [-0.2, 0) is 6.42 Å². The summed E-state index contributed by atoms with van der Waals surface area (Å²) in [6, 6.07) is 9.55. The molecule has 1 nitrogen and oxygen atoms in total. The van der Waals surface area contributed by atoms with Gasteiger partial charge in [0, 0.05) is 12.6 Å². The lowest BCUT2D eigenvalue weighted by Gasteiger charge is -2.31. The maximum atomic E-state index is 3.84. The van der Waals surface area contributed by atoms with Gasteiger partial charge in [-0.05, 0) is 42.2 Å². The van der Waals surface area contributed by atoms with Gasteiger partial charge in [0.15, 0.2) is 0 Å². The molecule has 0 aliphatic heterocycles. The number of nitrogens with one attached hydrogen (secondary N) is 1. The van der Waals surface area contributed by atoms with Crippen molar-refractivity contribution >= 4 is 0 Å². The Morgan fingerprint density at radius 1 is 1.20 bits per heavy atom. The van der Waals surface area contributed by atoms with E-state index in [2.05, 4.69) is 50.4 Å². The first kappa shape index (κ1) is 15.6. The molecule has 0 heterocycles. The first-order chi connectivity index (χ1) is 9.62. The van der Waals surface area contributed by atoms with Crippen LogP contribution >= 0.6 is 0 Å². The Kier molecular flexibility index (Phi) is 5.65. The zero-order chi connectivity index (χ0) is 14.4. The van der Waals surface area contributed by atoms with Gasteiger partial charge >= 0.3 is 0 Å². The molecule has 1 atom stereocenters. The predicted octanol–water partition coefficient (Wildman–Crippen LogP) is 5.26. The predicted molar refractivity (Wildman–Crippen MR) is 88.0 cm³/mol. The fraction of sp³-hybridized carbons (Fsp3) is 0.684. The minimum absolute atomic E-state index is 0.418. The van der Waals surface area contributed by atoms with E-state index in [0.717, 1.165) is 6.54 Å². The largest absolute Gasteiger partial charge is 0.309 e. The molecule has 1 N–H and O–H groups in total. The number of fused-ring (bicyclic) bond motifs is 1. The molecule has 0 bridgehead atoms. The van der Waals surface area contributed by atoms with Crippen LogP contribution in [-0.4, -0.2) is 6.54 Å². The van der Waals surface area contributed by atoms with E-state index >= 15 is 0 Å². The van der Waals surface area contributed by atoms with Crippen molar-refractivity contribution in [1.29, 1.82) is 0 Å². The Balaban J connectivity index is 1.88. The van der Waals surface area contributed by atoms with Crippen molar-refractivity contribution in [2.24, 2.45) is 5.41 Å². The Morgan fingerprint density at radius 3 is 2.80 bits per heavy atom. The highest BCUT2D eigenvalue weighted by molar-refractivity contribution is 5.32. The van der Waals surface area contributed by atoms with Gasteiger partial charge in [0.25, 0.3) is 0 Å². The topological polar surface area (TPSA) is 12.0 Å². The van der Waals surface area contributed by atoms with E-state index in [1.165, 1.54) is 44.9 Å². The van der Waals surface area contributed by atoms with Crippen molar-refractivity contribution in [3.05, 3.63) is 35.4 Å². The molecular weight excluding hydrogens is 242 g/mol. The third kappa shape index (κ3) is 4.34. The molecule has 0 radical (unpaired) electrons. The number of aryl methyl sites for hydroxylation is 1. The highest BCUT2D eigenvalue weighted by atomic mass is 14.9. The molecule has 0 spiro atoms. The molecule has 1 aliphatic rings. The second-order valence-electron chi connectivity index (χ2n) is 7.15. The molecule has 1 heteroatoms. The molecule has 0 aromatic heterocycles. The zero-order valence-corrected chi connectivity index (χ0v) is 13.5. The van der Waals surface area contributed by atoms with Crippen LogP contribution in [0, 0.1) is 5.41 Å². The molecule has 0 amide bonds. The van der Waals surface area contributed by atoms with Crippen molar-refractivity contribution in [3.63, 3.8) is 0 Å². The molecule has 1 unspecified atom stereocenters. The van der Waals surface area contributed by atoms with Crippen molar-refractivity contribution in [2.75, 3.05) is 6.54 Å². The first-order valence-corrected chi connectivity index (χ1v) is 8.43. The van der Waals surface area contributed by atoms with Crippen LogP contribution in [0.1, 0.15) is 76.5 Å². The SMILES string of the molecule is CCCCCC(C)(C)CNC1CCCc2ccccc21. The summed E-state index contributed by atoms with van der Waals surface area (Å²) >= 11 is 0. The van der Waals surface area contributed by atoms with Crippen molar-refractivity contribution in [2.45, 2.75) is 71.8 Å². The van der Waals surface area contributed by atoms with Gasteiger partial charge in [0.2, 0.25) is 0 Å². The van der Waals surface area contributed by atoms with Gasteiger partial charge in [0.1, 0.15) is 0 Å². The van der Waals surface area contributed by atoms with Crippen molar-refractivity contribution in [3.8, 4) is 0 Å². The van der Waals surface area contributed by atoms with E-state index in [-0.39, 0.29) is 0 Å². The highest BCUT2D eigenvalue weighted by Gasteiger charge is 2.23. The van der Waals surface area contributed by atoms with E-state index in [9.17, 15) is 0 Å². The van der Waals surface area contributed by atoms with Crippen LogP contribution in [0.4, 0.5) is 0 Å². The Morgan fingerprint density at radius 2 is 2.00 bits per heavy atom. The number of rotatable bonds is 7. The second-order valence-corrected chi connectivity index (χ2v) is 7.15. The lowest BCUT2D eigenvalue weighted by molar-refractivity contribution is 0.280. The fourth-order valence-corrected chi connectivity index (χ4v) is 3.31. The van der Waals surface area contributed by atoms with E-state index < -0.39 is 0 Å². The minimum Gasteiger partial charge on any atom is -0.309 e. The van der Waals surface area contributed by atoms with E-state index in [1.54, 1.807) is 11.1 Å². The number of hydrogen-bond acceptors (Lipinski definition) is 1. The molecule has 0 saturated heterocycles. The van der Waals surface area contributed by atoms with Crippen LogP contribution in [0.15, 0.2) is 24.3 Å². The quantitative estimate of drug-likeness (QED) is 0.668. The smallest absolute Gasteiger partial charge is 0.0323 e. The number of unbranched alkanes of at least 4 members (excludes halogenated alkanes) is 2. The highest BCUT2D eigenvalue weighted by Crippen LogP contribution is 2.31. The van der Waals surface area contributed by atoms with Gasteiger partial charge in [-0.3, -0.25) is 0 Å².